The number of hydrogen-bond donors (Lipinski definition) is 1. The number of aromatic nitrogens is 3. The van der Waals surface area contributed by atoms with Crippen molar-refractivity contribution in [3.05, 3.63) is 69.9 Å². The normalized spacial score (nSPS) is 12.1. The van der Waals surface area contributed by atoms with E-state index in [2.05, 4.69) is 38.3 Å². The van der Waals surface area contributed by atoms with Crippen molar-refractivity contribution in [2.24, 2.45) is 0 Å². The summed E-state index contributed by atoms with van der Waals surface area (Å²) in [5.74, 6) is 0.0654. The molecule has 0 radical (unpaired) electrons. The summed E-state index contributed by atoms with van der Waals surface area (Å²) in [6.45, 7) is 4.79. The van der Waals surface area contributed by atoms with Crippen LogP contribution in [0, 0.1) is 13.8 Å². The van der Waals surface area contributed by atoms with Crippen molar-refractivity contribution in [2.45, 2.75) is 45.7 Å². The van der Waals surface area contributed by atoms with Crippen molar-refractivity contribution in [3.63, 3.8) is 0 Å². The second-order valence-electron chi connectivity index (χ2n) is 6.50. The zero-order valence-corrected chi connectivity index (χ0v) is 16.0. The van der Waals surface area contributed by atoms with Crippen molar-refractivity contribution < 1.29 is 4.79 Å². The third-order valence-electron chi connectivity index (χ3n) is 4.32. The van der Waals surface area contributed by atoms with Gasteiger partial charge in [0.25, 0.3) is 0 Å². The molecule has 0 aliphatic carbocycles. The largest absolute Gasteiger partial charge is 0.349 e. The van der Waals surface area contributed by atoms with Crippen LogP contribution in [0.2, 0.25) is 0 Å². The third-order valence-corrected chi connectivity index (χ3v) is 5.05. The monoisotopic (exact) mass is 368 g/mol. The Hall–Kier alpha value is -2.47. The van der Waals surface area contributed by atoms with E-state index in [1.807, 2.05) is 36.9 Å². The zero-order valence-electron chi connectivity index (χ0n) is 15.2. The number of carbonyl (C=O) groups is 1. The third kappa shape index (κ3) is 5.02. The van der Waals surface area contributed by atoms with Crippen LogP contribution in [0.1, 0.15) is 41.4 Å². The predicted molar refractivity (Wildman–Crippen MR) is 104 cm³/mol. The SMILES string of the molecule is Cc1cc(C)n(CCCC(=O)N[C@H](Cc2ccsc2)c2cccnc2)n1. The first kappa shape index (κ1) is 18.3. The van der Waals surface area contributed by atoms with Gasteiger partial charge < -0.3 is 5.32 Å². The Labute approximate surface area is 158 Å². The van der Waals surface area contributed by atoms with Crippen molar-refractivity contribution in [2.75, 3.05) is 0 Å². The van der Waals surface area contributed by atoms with Crippen LogP contribution in [0.4, 0.5) is 0 Å². The molecule has 3 heterocycles. The van der Waals surface area contributed by atoms with Gasteiger partial charge in [-0.1, -0.05) is 6.07 Å². The fourth-order valence-corrected chi connectivity index (χ4v) is 3.72. The van der Waals surface area contributed by atoms with Gasteiger partial charge in [-0.2, -0.15) is 16.4 Å². The summed E-state index contributed by atoms with van der Waals surface area (Å²) in [6.07, 6.45) is 5.61. The molecule has 0 fully saturated rings. The number of nitrogens with zero attached hydrogens (tertiary/aromatic N) is 3. The van der Waals surface area contributed by atoms with E-state index in [-0.39, 0.29) is 11.9 Å². The highest BCUT2D eigenvalue weighted by Gasteiger charge is 2.16. The van der Waals surface area contributed by atoms with E-state index in [0.29, 0.717) is 6.42 Å². The number of hydrogen-bond acceptors (Lipinski definition) is 4. The highest BCUT2D eigenvalue weighted by atomic mass is 32.1. The molecule has 0 aromatic carbocycles. The second-order valence-corrected chi connectivity index (χ2v) is 7.28. The average molecular weight is 369 g/mol. The van der Waals surface area contributed by atoms with E-state index >= 15 is 0 Å². The first-order valence-corrected chi connectivity index (χ1v) is 9.77. The lowest BCUT2D eigenvalue weighted by Gasteiger charge is -2.18. The van der Waals surface area contributed by atoms with Gasteiger partial charge in [-0.05, 0) is 66.8 Å². The van der Waals surface area contributed by atoms with Crippen LogP contribution in [-0.2, 0) is 17.8 Å². The van der Waals surface area contributed by atoms with Gasteiger partial charge >= 0.3 is 0 Å². The smallest absolute Gasteiger partial charge is 0.220 e. The lowest BCUT2D eigenvalue weighted by atomic mass is 10.0. The summed E-state index contributed by atoms with van der Waals surface area (Å²) in [5, 5.41) is 11.8. The first-order valence-electron chi connectivity index (χ1n) is 8.83. The van der Waals surface area contributed by atoms with Crippen molar-refractivity contribution in [3.8, 4) is 0 Å². The van der Waals surface area contributed by atoms with Crippen molar-refractivity contribution in [1.29, 1.82) is 0 Å². The van der Waals surface area contributed by atoms with Crippen LogP contribution in [0.25, 0.3) is 0 Å². The summed E-state index contributed by atoms with van der Waals surface area (Å²) in [7, 11) is 0. The van der Waals surface area contributed by atoms with Gasteiger partial charge in [0, 0.05) is 31.1 Å². The maximum absolute atomic E-state index is 12.5. The Bertz CT molecular complexity index is 827. The van der Waals surface area contributed by atoms with Crippen LogP contribution in [-0.4, -0.2) is 20.7 Å². The van der Waals surface area contributed by atoms with Gasteiger partial charge in [0.2, 0.25) is 5.91 Å². The van der Waals surface area contributed by atoms with Crippen molar-refractivity contribution in [1.82, 2.24) is 20.1 Å². The molecule has 5 nitrogen and oxygen atoms in total. The first-order chi connectivity index (χ1) is 12.6. The summed E-state index contributed by atoms with van der Waals surface area (Å²) in [6, 6.07) is 8.02. The molecule has 1 amide bonds. The quantitative estimate of drug-likeness (QED) is 0.657. The molecule has 0 unspecified atom stereocenters. The van der Waals surface area contributed by atoms with E-state index in [1.165, 1.54) is 5.56 Å². The van der Waals surface area contributed by atoms with Crippen molar-refractivity contribution >= 4 is 17.2 Å². The molecule has 136 valence electrons. The molecule has 0 bridgehead atoms. The molecular weight excluding hydrogens is 344 g/mol. The van der Waals surface area contributed by atoms with Gasteiger partial charge in [0.05, 0.1) is 11.7 Å². The van der Waals surface area contributed by atoms with Crippen LogP contribution in [0.3, 0.4) is 0 Å². The summed E-state index contributed by atoms with van der Waals surface area (Å²) < 4.78 is 1.96. The fourth-order valence-electron chi connectivity index (χ4n) is 3.04. The number of pyridine rings is 1. The van der Waals surface area contributed by atoms with Gasteiger partial charge in [0.15, 0.2) is 0 Å². The number of carbonyl (C=O) groups excluding carboxylic acids is 1. The standard InChI is InChI=1S/C20H24N4OS/c1-15-11-16(2)24(23-15)9-4-6-20(25)22-19(12-17-7-10-26-14-17)18-5-3-8-21-13-18/h3,5,7-8,10-11,13-14,19H,4,6,9,12H2,1-2H3,(H,22,25)/t19-/m1/s1. The predicted octanol–water partition coefficient (Wildman–Crippen LogP) is 3.84. The lowest BCUT2D eigenvalue weighted by Crippen LogP contribution is -2.30. The Morgan fingerprint density at radius 1 is 1.35 bits per heavy atom. The lowest BCUT2D eigenvalue weighted by molar-refractivity contribution is -0.122. The second kappa shape index (κ2) is 8.76. The maximum atomic E-state index is 12.5. The molecule has 3 aromatic rings. The Balaban J connectivity index is 1.57. The van der Waals surface area contributed by atoms with E-state index in [1.54, 1.807) is 17.5 Å². The molecule has 1 N–H and O–H groups in total. The van der Waals surface area contributed by atoms with Gasteiger partial charge in [-0.3, -0.25) is 14.5 Å². The van der Waals surface area contributed by atoms with Crippen LogP contribution >= 0.6 is 11.3 Å². The molecule has 0 saturated carbocycles. The molecular formula is C20H24N4OS. The minimum atomic E-state index is -0.0560. The number of aryl methyl sites for hydroxylation is 3. The molecule has 1 atom stereocenters. The zero-order chi connectivity index (χ0) is 18.4. The summed E-state index contributed by atoms with van der Waals surface area (Å²) >= 11 is 1.67. The van der Waals surface area contributed by atoms with E-state index in [9.17, 15) is 4.79 Å². The van der Waals surface area contributed by atoms with Crippen LogP contribution in [0.15, 0.2) is 47.4 Å². The topological polar surface area (TPSA) is 59.8 Å². The Morgan fingerprint density at radius 3 is 2.88 bits per heavy atom. The van der Waals surface area contributed by atoms with E-state index in [4.69, 9.17) is 0 Å². The van der Waals surface area contributed by atoms with Gasteiger partial charge in [0.1, 0.15) is 0 Å². The minimum absolute atomic E-state index is 0.0560. The minimum Gasteiger partial charge on any atom is -0.349 e. The summed E-state index contributed by atoms with van der Waals surface area (Å²) in [5.41, 5.74) is 4.41. The number of nitrogens with one attached hydrogen (secondary N) is 1. The average Bonchev–Trinajstić information content (AvgIpc) is 3.25. The molecule has 0 spiro atoms. The summed E-state index contributed by atoms with van der Waals surface area (Å²) in [4.78, 5) is 16.7. The highest BCUT2D eigenvalue weighted by molar-refractivity contribution is 7.07. The van der Waals surface area contributed by atoms with Gasteiger partial charge in [-0.15, -0.1) is 0 Å². The molecule has 3 aromatic heterocycles. The Kier molecular flexibility index (Phi) is 6.17. The number of rotatable bonds is 8. The number of thiophene rings is 1. The van der Waals surface area contributed by atoms with Gasteiger partial charge in [-0.25, -0.2) is 0 Å². The molecule has 6 heteroatoms. The van der Waals surface area contributed by atoms with Crippen LogP contribution < -0.4 is 5.32 Å². The van der Waals surface area contributed by atoms with E-state index in [0.717, 1.165) is 36.3 Å². The molecule has 3 rings (SSSR count). The fraction of sp³-hybridized carbons (Fsp3) is 0.350. The molecule has 0 aliphatic rings. The van der Waals surface area contributed by atoms with Crippen LogP contribution in [0.5, 0.6) is 0 Å². The maximum Gasteiger partial charge on any atom is 0.220 e. The van der Waals surface area contributed by atoms with E-state index < -0.39 is 0 Å². The highest BCUT2D eigenvalue weighted by Crippen LogP contribution is 2.19. The number of amides is 1. The Morgan fingerprint density at radius 2 is 2.23 bits per heavy atom. The molecule has 0 aliphatic heterocycles. The molecule has 0 saturated heterocycles. The molecule has 26 heavy (non-hydrogen) atoms.